The lowest BCUT2D eigenvalue weighted by atomic mass is 10.4. The van der Waals surface area contributed by atoms with E-state index < -0.39 is 0 Å². The molecule has 1 aromatic carbocycles. The number of furan rings is 1. The second-order valence-electron chi connectivity index (χ2n) is 3.93. The van der Waals surface area contributed by atoms with Gasteiger partial charge in [-0.2, -0.15) is 0 Å². The van der Waals surface area contributed by atoms with Gasteiger partial charge in [-0.1, -0.05) is 18.2 Å². The van der Waals surface area contributed by atoms with Crippen molar-refractivity contribution in [3.05, 3.63) is 54.5 Å². The predicted octanol–water partition coefficient (Wildman–Crippen LogP) is 3.03. The molecular formula is C14H15NO2S. The van der Waals surface area contributed by atoms with Crippen LogP contribution in [0.4, 0.5) is 0 Å². The lowest BCUT2D eigenvalue weighted by molar-refractivity contribution is -0.127. The Morgan fingerprint density at radius 1 is 1.22 bits per heavy atom. The molecule has 0 aliphatic carbocycles. The maximum atomic E-state index is 11.9. The number of nitrogens with zero attached hydrogens (tertiary/aromatic N) is 1. The number of thioether (sulfide) groups is 1. The van der Waals surface area contributed by atoms with Crippen molar-refractivity contribution in [3.8, 4) is 0 Å². The van der Waals surface area contributed by atoms with Gasteiger partial charge in [0.25, 0.3) is 0 Å². The molecule has 0 atom stereocenters. The van der Waals surface area contributed by atoms with Crippen molar-refractivity contribution in [1.82, 2.24) is 4.90 Å². The van der Waals surface area contributed by atoms with Crippen molar-refractivity contribution in [1.29, 1.82) is 0 Å². The lowest BCUT2D eigenvalue weighted by Gasteiger charge is -2.15. The van der Waals surface area contributed by atoms with E-state index in [2.05, 4.69) is 0 Å². The number of amides is 1. The number of hydrogen-bond donors (Lipinski definition) is 0. The zero-order valence-electron chi connectivity index (χ0n) is 10.2. The third kappa shape index (κ3) is 3.67. The van der Waals surface area contributed by atoms with Crippen LogP contribution in [0.5, 0.6) is 0 Å². The molecule has 0 bridgehead atoms. The van der Waals surface area contributed by atoms with Crippen molar-refractivity contribution in [2.45, 2.75) is 11.4 Å². The summed E-state index contributed by atoms with van der Waals surface area (Å²) in [5, 5.41) is 0. The first-order valence-electron chi connectivity index (χ1n) is 5.70. The Morgan fingerprint density at radius 3 is 2.67 bits per heavy atom. The van der Waals surface area contributed by atoms with E-state index in [0.717, 1.165) is 10.7 Å². The molecule has 0 saturated carbocycles. The summed E-state index contributed by atoms with van der Waals surface area (Å²) in [4.78, 5) is 14.7. The third-order valence-electron chi connectivity index (χ3n) is 2.50. The fourth-order valence-electron chi connectivity index (χ4n) is 1.50. The van der Waals surface area contributed by atoms with E-state index in [1.807, 2.05) is 42.5 Å². The van der Waals surface area contributed by atoms with Crippen LogP contribution in [-0.2, 0) is 11.3 Å². The summed E-state index contributed by atoms with van der Waals surface area (Å²) in [5.41, 5.74) is 0. The van der Waals surface area contributed by atoms with Gasteiger partial charge in [0.2, 0.25) is 5.91 Å². The summed E-state index contributed by atoms with van der Waals surface area (Å²) in [6.45, 7) is 0.515. The fourth-order valence-corrected chi connectivity index (χ4v) is 2.36. The molecule has 0 radical (unpaired) electrons. The summed E-state index contributed by atoms with van der Waals surface area (Å²) in [5.74, 6) is 1.34. The molecule has 1 aromatic heterocycles. The van der Waals surface area contributed by atoms with E-state index in [4.69, 9.17) is 4.42 Å². The van der Waals surface area contributed by atoms with Gasteiger partial charge in [0.15, 0.2) is 0 Å². The zero-order valence-corrected chi connectivity index (χ0v) is 11.0. The molecule has 94 valence electrons. The predicted molar refractivity (Wildman–Crippen MR) is 72.3 cm³/mol. The van der Waals surface area contributed by atoms with Crippen molar-refractivity contribution < 1.29 is 9.21 Å². The maximum Gasteiger partial charge on any atom is 0.233 e. The van der Waals surface area contributed by atoms with Crippen LogP contribution in [0, 0.1) is 0 Å². The molecule has 0 unspecified atom stereocenters. The van der Waals surface area contributed by atoms with Crippen LogP contribution in [0.3, 0.4) is 0 Å². The Balaban J connectivity index is 1.81. The number of carbonyl (C=O) groups is 1. The summed E-state index contributed by atoms with van der Waals surface area (Å²) in [7, 11) is 1.79. The minimum absolute atomic E-state index is 0.0975. The van der Waals surface area contributed by atoms with Crippen LogP contribution in [0.15, 0.2) is 58.0 Å². The summed E-state index contributed by atoms with van der Waals surface area (Å²) >= 11 is 1.55. The molecular weight excluding hydrogens is 246 g/mol. The molecule has 3 nitrogen and oxygen atoms in total. The van der Waals surface area contributed by atoms with E-state index in [0.29, 0.717) is 12.3 Å². The van der Waals surface area contributed by atoms with Gasteiger partial charge in [0.1, 0.15) is 5.76 Å². The van der Waals surface area contributed by atoms with Crippen LogP contribution in [0.2, 0.25) is 0 Å². The average molecular weight is 261 g/mol. The highest BCUT2D eigenvalue weighted by molar-refractivity contribution is 8.00. The van der Waals surface area contributed by atoms with Crippen LogP contribution >= 0.6 is 11.8 Å². The number of benzene rings is 1. The molecule has 0 aliphatic heterocycles. The monoisotopic (exact) mass is 261 g/mol. The highest BCUT2D eigenvalue weighted by Gasteiger charge is 2.10. The molecule has 0 N–H and O–H groups in total. The zero-order chi connectivity index (χ0) is 12.8. The van der Waals surface area contributed by atoms with E-state index in [-0.39, 0.29) is 5.91 Å². The highest BCUT2D eigenvalue weighted by atomic mass is 32.2. The number of carbonyl (C=O) groups excluding carboxylic acids is 1. The number of hydrogen-bond acceptors (Lipinski definition) is 3. The first-order chi connectivity index (χ1) is 8.75. The minimum Gasteiger partial charge on any atom is -0.467 e. The van der Waals surface area contributed by atoms with Crippen molar-refractivity contribution in [2.24, 2.45) is 0 Å². The van der Waals surface area contributed by atoms with E-state index >= 15 is 0 Å². The Hall–Kier alpha value is -1.68. The Labute approximate surface area is 111 Å². The molecule has 1 amide bonds. The fraction of sp³-hybridized carbons (Fsp3) is 0.214. The number of rotatable bonds is 5. The van der Waals surface area contributed by atoms with Crippen LogP contribution in [0.1, 0.15) is 5.76 Å². The molecule has 4 heteroatoms. The van der Waals surface area contributed by atoms with Crippen LogP contribution in [-0.4, -0.2) is 23.6 Å². The van der Waals surface area contributed by atoms with Gasteiger partial charge < -0.3 is 9.32 Å². The van der Waals surface area contributed by atoms with E-state index in [9.17, 15) is 4.79 Å². The summed E-state index contributed by atoms with van der Waals surface area (Å²) in [6, 6.07) is 13.6. The third-order valence-corrected chi connectivity index (χ3v) is 3.50. The molecule has 1 heterocycles. The van der Waals surface area contributed by atoms with Gasteiger partial charge in [-0.25, -0.2) is 0 Å². The minimum atomic E-state index is 0.0975. The second kappa shape index (κ2) is 6.31. The summed E-state index contributed by atoms with van der Waals surface area (Å²) < 4.78 is 5.22. The highest BCUT2D eigenvalue weighted by Crippen LogP contribution is 2.17. The van der Waals surface area contributed by atoms with Gasteiger partial charge in [0, 0.05) is 11.9 Å². The molecule has 0 saturated heterocycles. The quantitative estimate of drug-likeness (QED) is 0.776. The normalized spacial score (nSPS) is 10.3. The van der Waals surface area contributed by atoms with Gasteiger partial charge in [-0.05, 0) is 24.3 Å². The van der Waals surface area contributed by atoms with Crippen LogP contribution in [0.25, 0.3) is 0 Å². The molecule has 0 fully saturated rings. The van der Waals surface area contributed by atoms with Gasteiger partial charge in [-0.3, -0.25) is 4.79 Å². The maximum absolute atomic E-state index is 11.9. The van der Waals surface area contributed by atoms with Gasteiger partial charge in [-0.15, -0.1) is 11.8 Å². The molecule has 0 aliphatic rings. The lowest BCUT2D eigenvalue weighted by Crippen LogP contribution is -2.27. The van der Waals surface area contributed by atoms with Crippen molar-refractivity contribution in [3.63, 3.8) is 0 Å². The first-order valence-corrected chi connectivity index (χ1v) is 6.68. The van der Waals surface area contributed by atoms with E-state index in [1.54, 1.807) is 30.0 Å². The molecule has 18 heavy (non-hydrogen) atoms. The van der Waals surface area contributed by atoms with Gasteiger partial charge in [0.05, 0.1) is 18.6 Å². The molecule has 0 spiro atoms. The summed E-state index contributed by atoms with van der Waals surface area (Å²) in [6.07, 6.45) is 1.62. The second-order valence-corrected chi connectivity index (χ2v) is 4.98. The van der Waals surface area contributed by atoms with Crippen molar-refractivity contribution in [2.75, 3.05) is 12.8 Å². The molecule has 2 aromatic rings. The average Bonchev–Trinajstić information content (AvgIpc) is 2.90. The van der Waals surface area contributed by atoms with Crippen molar-refractivity contribution >= 4 is 17.7 Å². The van der Waals surface area contributed by atoms with Crippen LogP contribution < -0.4 is 0 Å². The largest absolute Gasteiger partial charge is 0.467 e. The Bertz CT molecular complexity index is 482. The smallest absolute Gasteiger partial charge is 0.233 e. The standard InChI is InChI=1S/C14H15NO2S/c1-15(10-12-6-5-9-17-12)14(16)11-18-13-7-3-2-4-8-13/h2-9H,10-11H2,1H3. The Morgan fingerprint density at radius 2 is 2.00 bits per heavy atom. The first kappa shape index (κ1) is 12.8. The van der Waals surface area contributed by atoms with E-state index in [1.165, 1.54) is 0 Å². The Kier molecular flexibility index (Phi) is 4.47. The SMILES string of the molecule is CN(Cc1ccco1)C(=O)CSc1ccccc1. The molecule has 2 rings (SSSR count). The topological polar surface area (TPSA) is 33.5 Å². The van der Waals surface area contributed by atoms with Gasteiger partial charge >= 0.3 is 0 Å².